The van der Waals surface area contributed by atoms with Crippen molar-refractivity contribution in [1.82, 2.24) is 0 Å². The van der Waals surface area contributed by atoms with Gasteiger partial charge in [-0.1, -0.05) is 20.8 Å². The van der Waals surface area contributed by atoms with Gasteiger partial charge in [0.15, 0.2) is 6.29 Å². The summed E-state index contributed by atoms with van der Waals surface area (Å²) in [4.78, 5) is 0. The van der Waals surface area contributed by atoms with E-state index in [1.54, 1.807) is 0 Å². The van der Waals surface area contributed by atoms with Gasteiger partial charge in [-0.3, -0.25) is 0 Å². The Morgan fingerprint density at radius 3 is 2.18 bits per heavy atom. The normalized spacial score (nSPS) is 38.5. The standard InChI is InChI=1S/C9H18O2/c1-5-8-7(4)10-9(11-8)6(2)3/h6-9H,5H2,1-4H3/t7-,8-,9+/m1/s1. The van der Waals surface area contributed by atoms with Gasteiger partial charge in [-0.2, -0.15) is 0 Å². The number of hydrogen-bond donors (Lipinski definition) is 0. The van der Waals surface area contributed by atoms with Crippen molar-refractivity contribution < 1.29 is 9.47 Å². The molecule has 0 aromatic rings. The molecule has 3 atom stereocenters. The molecule has 1 aliphatic rings. The molecule has 1 heterocycles. The van der Waals surface area contributed by atoms with Crippen LogP contribution in [0.4, 0.5) is 0 Å². The van der Waals surface area contributed by atoms with Gasteiger partial charge in [0, 0.05) is 5.92 Å². The largest absolute Gasteiger partial charge is 0.347 e. The summed E-state index contributed by atoms with van der Waals surface area (Å²) in [6.45, 7) is 8.45. The summed E-state index contributed by atoms with van der Waals surface area (Å²) >= 11 is 0. The van der Waals surface area contributed by atoms with Crippen molar-refractivity contribution in [2.24, 2.45) is 5.92 Å². The number of rotatable bonds is 2. The second kappa shape index (κ2) is 3.55. The fraction of sp³-hybridized carbons (Fsp3) is 1.00. The molecule has 1 rings (SSSR count). The molecule has 66 valence electrons. The minimum atomic E-state index is 0.0231. The van der Waals surface area contributed by atoms with E-state index in [2.05, 4.69) is 27.7 Å². The zero-order chi connectivity index (χ0) is 8.43. The van der Waals surface area contributed by atoms with Crippen LogP contribution in [0.3, 0.4) is 0 Å². The van der Waals surface area contributed by atoms with E-state index in [4.69, 9.17) is 9.47 Å². The zero-order valence-corrected chi connectivity index (χ0v) is 7.83. The Hall–Kier alpha value is -0.0800. The van der Waals surface area contributed by atoms with Crippen LogP contribution in [0.15, 0.2) is 0 Å². The van der Waals surface area contributed by atoms with Gasteiger partial charge in [0.2, 0.25) is 0 Å². The fourth-order valence-electron chi connectivity index (χ4n) is 1.36. The molecule has 0 aromatic heterocycles. The first-order chi connectivity index (χ1) is 5.15. The summed E-state index contributed by atoms with van der Waals surface area (Å²) in [6, 6.07) is 0. The van der Waals surface area contributed by atoms with Gasteiger partial charge in [-0.05, 0) is 13.3 Å². The van der Waals surface area contributed by atoms with Crippen molar-refractivity contribution in [2.45, 2.75) is 52.6 Å². The Morgan fingerprint density at radius 2 is 1.91 bits per heavy atom. The van der Waals surface area contributed by atoms with Crippen LogP contribution in [-0.4, -0.2) is 18.5 Å². The SMILES string of the molecule is CC[C@H]1O[C@@H](C(C)C)O[C@@H]1C. The van der Waals surface area contributed by atoms with E-state index in [-0.39, 0.29) is 12.4 Å². The first kappa shape index (κ1) is 9.01. The molecular weight excluding hydrogens is 140 g/mol. The minimum Gasteiger partial charge on any atom is -0.347 e. The summed E-state index contributed by atoms with van der Waals surface area (Å²) in [6.07, 6.45) is 1.65. The van der Waals surface area contributed by atoms with Crippen LogP contribution in [0, 0.1) is 5.92 Å². The van der Waals surface area contributed by atoms with E-state index in [1.807, 2.05) is 0 Å². The molecular formula is C9H18O2. The number of ether oxygens (including phenoxy) is 2. The lowest BCUT2D eigenvalue weighted by atomic mass is 10.2. The molecule has 1 aliphatic heterocycles. The van der Waals surface area contributed by atoms with Gasteiger partial charge in [-0.25, -0.2) is 0 Å². The average molecular weight is 158 g/mol. The quantitative estimate of drug-likeness (QED) is 0.613. The smallest absolute Gasteiger partial charge is 0.160 e. The first-order valence-electron chi connectivity index (χ1n) is 4.46. The Bertz CT molecular complexity index is 123. The molecule has 0 spiro atoms. The molecule has 1 saturated heterocycles. The van der Waals surface area contributed by atoms with Crippen molar-refractivity contribution in [1.29, 1.82) is 0 Å². The van der Waals surface area contributed by atoms with Gasteiger partial charge < -0.3 is 9.47 Å². The molecule has 0 radical (unpaired) electrons. The molecule has 2 heteroatoms. The van der Waals surface area contributed by atoms with Crippen molar-refractivity contribution in [3.63, 3.8) is 0 Å². The van der Waals surface area contributed by atoms with Crippen LogP contribution in [0.5, 0.6) is 0 Å². The second-order valence-corrected chi connectivity index (χ2v) is 3.54. The van der Waals surface area contributed by atoms with E-state index < -0.39 is 0 Å². The van der Waals surface area contributed by atoms with Crippen LogP contribution in [0.2, 0.25) is 0 Å². The Labute approximate surface area is 68.9 Å². The predicted octanol–water partition coefficient (Wildman–Crippen LogP) is 2.18. The minimum absolute atomic E-state index is 0.0231. The lowest BCUT2D eigenvalue weighted by molar-refractivity contribution is -0.0938. The lowest BCUT2D eigenvalue weighted by Crippen LogP contribution is -2.17. The average Bonchev–Trinajstić information content (AvgIpc) is 2.31. The summed E-state index contributed by atoms with van der Waals surface area (Å²) in [5, 5.41) is 0. The van der Waals surface area contributed by atoms with E-state index in [9.17, 15) is 0 Å². The lowest BCUT2D eigenvalue weighted by Gasteiger charge is -2.13. The van der Waals surface area contributed by atoms with Crippen LogP contribution >= 0.6 is 0 Å². The van der Waals surface area contributed by atoms with Gasteiger partial charge in [0.05, 0.1) is 12.2 Å². The van der Waals surface area contributed by atoms with E-state index in [0.29, 0.717) is 12.0 Å². The Morgan fingerprint density at radius 1 is 1.27 bits per heavy atom. The van der Waals surface area contributed by atoms with Crippen LogP contribution in [-0.2, 0) is 9.47 Å². The molecule has 0 saturated carbocycles. The van der Waals surface area contributed by atoms with E-state index in [0.717, 1.165) is 6.42 Å². The summed E-state index contributed by atoms with van der Waals surface area (Å²) in [5.74, 6) is 0.467. The highest BCUT2D eigenvalue weighted by molar-refractivity contribution is 4.73. The Kier molecular flexibility index (Phi) is 2.90. The van der Waals surface area contributed by atoms with Crippen molar-refractivity contribution >= 4 is 0 Å². The molecule has 0 N–H and O–H groups in total. The molecule has 1 fully saturated rings. The van der Waals surface area contributed by atoms with Gasteiger partial charge in [0.25, 0.3) is 0 Å². The maximum Gasteiger partial charge on any atom is 0.160 e. The molecule has 11 heavy (non-hydrogen) atoms. The molecule has 2 nitrogen and oxygen atoms in total. The van der Waals surface area contributed by atoms with Gasteiger partial charge in [-0.15, -0.1) is 0 Å². The molecule has 0 amide bonds. The maximum absolute atomic E-state index is 5.66. The van der Waals surface area contributed by atoms with E-state index in [1.165, 1.54) is 0 Å². The van der Waals surface area contributed by atoms with Gasteiger partial charge >= 0.3 is 0 Å². The maximum atomic E-state index is 5.66. The molecule has 0 aromatic carbocycles. The molecule has 0 unspecified atom stereocenters. The molecule has 0 aliphatic carbocycles. The Balaban J connectivity index is 2.43. The summed E-state index contributed by atoms with van der Waals surface area (Å²) in [5.41, 5.74) is 0. The highest BCUT2D eigenvalue weighted by atomic mass is 16.7. The fourth-order valence-corrected chi connectivity index (χ4v) is 1.36. The highest BCUT2D eigenvalue weighted by Crippen LogP contribution is 2.25. The van der Waals surface area contributed by atoms with Crippen LogP contribution < -0.4 is 0 Å². The van der Waals surface area contributed by atoms with Crippen molar-refractivity contribution in [2.75, 3.05) is 0 Å². The van der Waals surface area contributed by atoms with Crippen LogP contribution in [0.25, 0.3) is 0 Å². The third kappa shape index (κ3) is 1.94. The third-order valence-corrected chi connectivity index (χ3v) is 2.13. The first-order valence-corrected chi connectivity index (χ1v) is 4.46. The molecule has 0 bridgehead atoms. The second-order valence-electron chi connectivity index (χ2n) is 3.54. The summed E-state index contributed by atoms with van der Waals surface area (Å²) < 4.78 is 11.3. The van der Waals surface area contributed by atoms with Crippen LogP contribution in [0.1, 0.15) is 34.1 Å². The third-order valence-electron chi connectivity index (χ3n) is 2.13. The highest BCUT2D eigenvalue weighted by Gasteiger charge is 2.32. The monoisotopic (exact) mass is 158 g/mol. The van der Waals surface area contributed by atoms with E-state index >= 15 is 0 Å². The number of hydrogen-bond acceptors (Lipinski definition) is 2. The predicted molar refractivity (Wildman–Crippen MR) is 44.3 cm³/mol. The topological polar surface area (TPSA) is 18.5 Å². The van der Waals surface area contributed by atoms with Gasteiger partial charge in [0.1, 0.15) is 0 Å². The summed E-state index contributed by atoms with van der Waals surface area (Å²) in [7, 11) is 0. The van der Waals surface area contributed by atoms with Crippen molar-refractivity contribution in [3.8, 4) is 0 Å². The van der Waals surface area contributed by atoms with Crippen molar-refractivity contribution in [3.05, 3.63) is 0 Å². The zero-order valence-electron chi connectivity index (χ0n) is 7.83.